The largest absolute Gasteiger partial charge is 0.496 e. The third kappa shape index (κ3) is 3.38. The molecule has 3 rings (SSSR count). The third-order valence-corrected chi connectivity index (χ3v) is 6.24. The van der Waals surface area contributed by atoms with Crippen LogP contribution >= 0.6 is 0 Å². The fourth-order valence-electron chi connectivity index (χ4n) is 2.94. The van der Waals surface area contributed by atoms with E-state index in [9.17, 15) is 13.2 Å². The molecule has 2 aromatic carbocycles. The minimum Gasteiger partial charge on any atom is -0.496 e. The smallest absolute Gasteiger partial charge is 0.339 e. The highest BCUT2D eigenvalue weighted by atomic mass is 32.2. The molecule has 0 spiro atoms. The maximum atomic E-state index is 12.5. The lowest BCUT2D eigenvalue weighted by atomic mass is 10.0. The van der Waals surface area contributed by atoms with Crippen LogP contribution in [0.4, 0.5) is 0 Å². The maximum Gasteiger partial charge on any atom is 0.339 e. The zero-order valence-corrected chi connectivity index (χ0v) is 14.6. The van der Waals surface area contributed by atoms with E-state index in [0.717, 1.165) is 24.0 Å². The Bertz CT molecular complexity index is 884. The lowest BCUT2D eigenvalue weighted by Gasteiger charge is -2.15. The predicted molar refractivity (Wildman–Crippen MR) is 93.4 cm³/mol. The van der Waals surface area contributed by atoms with E-state index in [-0.39, 0.29) is 16.2 Å². The number of hydrogen-bond acceptors (Lipinski definition) is 4. The van der Waals surface area contributed by atoms with Crippen molar-refractivity contribution in [1.82, 2.24) is 4.31 Å². The molecular weight excluding hydrogens is 342 g/mol. The van der Waals surface area contributed by atoms with Gasteiger partial charge in [0.1, 0.15) is 11.3 Å². The standard InChI is InChI=1S/C18H19NO5S/c1-24-17-12-14(6-9-16(17)18(20)21)13-4-7-15(8-5-13)25(22,23)19-10-2-3-11-19/h4-9,12H,2-3,10-11H2,1H3,(H,20,21). The van der Waals surface area contributed by atoms with E-state index in [4.69, 9.17) is 9.84 Å². The number of hydrogen-bond donors (Lipinski definition) is 1. The first kappa shape index (κ1) is 17.4. The van der Waals surface area contributed by atoms with Crippen molar-refractivity contribution in [3.63, 3.8) is 0 Å². The summed E-state index contributed by atoms with van der Waals surface area (Å²) in [7, 11) is -2.02. The Balaban J connectivity index is 1.91. The Kier molecular flexibility index (Phi) is 4.78. The number of carboxylic acid groups (broad SMARTS) is 1. The second-order valence-corrected chi connectivity index (χ2v) is 7.79. The molecule has 6 nitrogen and oxygen atoms in total. The van der Waals surface area contributed by atoms with Crippen LogP contribution < -0.4 is 4.74 Å². The molecule has 0 aliphatic carbocycles. The molecule has 0 saturated carbocycles. The molecule has 1 N–H and O–H groups in total. The molecule has 0 amide bonds. The van der Waals surface area contributed by atoms with E-state index in [1.165, 1.54) is 17.5 Å². The number of aromatic carboxylic acids is 1. The summed E-state index contributed by atoms with van der Waals surface area (Å²) in [5.41, 5.74) is 1.63. The molecule has 0 bridgehead atoms. The average molecular weight is 361 g/mol. The summed E-state index contributed by atoms with van der Waals surface area (Å²) in [6.45, 7) is 1.13. The number of methoxy groups -OCH3 is 1. The van der Waals surface area contributed by atoms with Gasteiger partial charge in [-0.2, -0.15) is 4.31 Å². The number of carbonyl (C=O) groups is 1. The molecule has 7 heteroatoms. The normalized spacial score (nSPS) is 15.2. The Morgan fingerprint density at radius 1 is 1.04 bits per heavy atom. The van der Waals surface area contributed by atoms with Crippen molar-refractivity contribution in [3.05, 3.63) is 48.0 Å². The molecule has 25 heavy (non-hydrogen) atoms. The summed E-state index contributed by atoms with van der Waals surface area (Å²) in [4.78, 5) is 11.4. The van der Waals surface area contributed by atoms with E-state index in [1.54, 1.807) is 36.4 Å². The van der Waals surface area contributed by atoms with Crippen LogP contribution in [0.25, 0.3) is 11.1 Å². The second-order valence-electron chi connectivity index (χ2n) is 5.86. The zero-order chi connectivity index (χ0) is 18.0. The van der Waals surface area contributed by atoms with Gasteiger partial charge in [-0.3, -0.25) is 0 Å². The molecule has 0 aromatic heterocycles. The number of ether oxygens (including phenoxy) is 1. The molecule has 1 aliphatic heterocycles. The number of rotatable bonds is 5. The van der Waals surface area contributed by atoms with Gasteiger partial charge in [0.25, 0.3) is 0 Å². The van der Waals surface area contributed by atoms with Gasteiger partial charge >= 0.3 is 5.97 Å². The van der Waals surface area contributed by atoms with Gasteiger partial charge in [0.15, 0.2) is 0 Å². The van der Waals surface area contributed by atoms with E-state index in [2.05, 4.69) is 0 Å². The molecular formula is C18H19NO5S. The fraction of sp³-hybridized carbons (Fsp3) is 0.278. The molecule has 1 aliphatic rings. The summed E-state index contributed by atoms with van der Waals surface area (Å²) in [6, 6.07) is 11.4. The van der Waals surface area contributed by atoms with Gasteiger partial charge in [0.05, 0.1) is 12.0 Å². The Morgan fingerprint density at radius 2 is 1.64 bits per heavy atom. The first-order valence-electron chi connectivity index (χ1n) is 7.95. The maximum absolute atomic E-state index is 12.5. The quantitative estimate of drug-likeness (QED) is 0.885. The zero-order valence-electron chi connectivity index (χ0n) is 13.8. The summed E-state index contributed by atoms with van der Waals surface area (Å²) in [5, 5.41) is 9.14. The van der Waals surface area contributed by atoms with Gasteiger partial charge < -0.3 is 9.84 Å². The van der Waals surface area contributed by atoms with E-state index in [0.29, 0.717) is 13.1 Å². The van der Waals surface area contributed by atoms with Crippen molar-refractivity contribution in [3.8, 4) is 16.9 Å². The van der Waals surface area contributed by atoms with Crippen molar-refractivity contribution >= 4 is 16.0 Å². The van der Waals surface area contributed by atoms with E-state index in [1.807, 2.05) is 0 Å². The molecule has 132 valence electrons. The van der Waals surface area contributed by atoms with Crippen molar-refractivity contribution in [2.45, 2.75) is 17.7 Å². The summed E-state index contributed by atoms with van der Waals surface area (Å²) < 4.78 is 31.7. The van der Waals surface area contributed by atoms with E-state index >= 15 is 0 Å². The SMILES string of the molecule is COc1cc(-c2ccc(S(=O)(=O)N3CCCC3)cc2)ccc1C(=O)O. The number of carboxylic acids is 1. The first-order valence-corrected chi connectivity index (χ1v) is 9.39. The van der Waals surface area contributed by atoms with Crippen LogP contribution in [0.3, 0.4) is 0 Å². The molecule has 1 fully saturated rings. The van der Waals surface area contributed by atoms with Crippen molar-refractivity contribution < 1.29 is 23.1 Å². The highest BCUT2D eigenvalue weighted by Gasteiger charge is 2.26. The molecule has 1 heterocycles. The molecule has 0 radical (unpaired) electrons. The van der Waals surface area contributed by atoms with Crippen molar-refractivity contribution in [1.29, 1.82) is 0 Å². The first-order chi connectivity index (χ1) is 11.9. The second kappa shape index (κ2) is 6.85. The van der Waals surface area contributed by atoms with Crippen LogP contribution in [-0.4, -0.2) is 44.0 Å². The highest BCUT2D eigenvalue weighted by molar-refractivity contribution is 7.89. The monoisotopic (exact) mass is 361 g/mol. The Labute approximate surface area is 146 Å². The van der Waals surface area contributed by atoms with Gasteiger partial charge in [0, 0.05) is 13.1 Å². The van der Waals surface area contributed by atoms with Gasteiger partial charge in [-0.1, -0.05) is 18.2 Å². The third-order valence-electron chi connectivity index (χ3n) is 4.32. The fourth-order valence-corrected chi connectivity index (χ4v) is 4.46. The van der Waals surface area contributed by atoms with Crippen molar-refractivity contribution in [2.24, 2.45) is 0 Å². The topological polar surface area (TPSA) is 83.9 Å². The number of nitrogens with zero attached hydrogens (tertiary/aromatic N) is 1. The summed E-state index contributed by atoms with van der Waals surface area (Å²) in [5.74, 6) is -0.797. The Hall–Kier alpha value is -2.38. The number of sulfonamides is 1. The Morgan fingerprint density at radius 3 is 2.20 bits per heavy atom. The molecule has 0 unspecified atom stereocenters. The van der Waals surface area contributed by atoms with Crippen LogP contribution in [0.1, 0.15) is 23.2 Å². The van der Waals surface area contributed by atoms with Crippen LogP contribution in [0, 0.1) is 0 Å². The lowest BCUT2D eigenvalue weighted by molar-refractivity contribution is 0.0693. The highest BCUT2D eigenvalue weighted by Crippen LogP contribution is 2.29. The molecule has 1 saturated heterocycles. The summed E-state index contributed by atoms with van der Waals surface area (Å²) in [6.07, 6.45) is 1.79. The van der Waals surface area contributed by atoms with Crippen LogP contribution in [0.2, 0.25) is 0 Å². The number of benzene rings is 2. The summed E-state index contributed by atoms with van der Waals surface area (Å²) >= 11 is 0. The van der Waals surface area contributed by atoms with Crippen LogP contribution in [-0.2, 0) is 10.0 Å². The van der Waals surface area contributed by atoms with Gasteiger partial charge in [0.2, 0.25) is 10.0 Å². The van der Waals surface area contributed by atoms with Crippen LogP contribution in [0.15, 0.2) is 47.4 Å². The van der Waals surface area contributed by atoms with Crippen molar-refractivity contribution in [2.75, 3.05) is 20.2 Å². The van der Waals surface area contributed by atoms with Gasteiger partial charge in [-0.05, 0) is 48.2 Å². The van der Waals surface area contributed by atoms with Crippen LogP contribution in [0.5, 0.6) is 5.75 Å². The lowest BCUT2D eigenvalue weighted by Crippen LogP contribution is -2.27. The molecule has 2 aromatic rings. The predicted octanol–water partition coefficient (Wildman–Crippen LogP) is 2.84. The van der Waals surface area contributed by atoms with Gasteiger partial charge in [-0.25, -0.2) is 13.2 Å². The molecule has 0 atom stereocenters. The van der Waals surface area contributed by atoms with E-state index < -0.39 is 16.0 Å². The minimum atomic E-state index is -3.44. The average Bonchev–Trinajstić information content (AvgIpc) is 3.16. The van der Waals surface area contributed by atoms with Gasteiger partial charge in [-0.15, -0.1) is 0 Å². The minimum absolute atomic E-state index is 0.0829.